The van der Waals surface area contributed by atoms with Crippen molar-refractivity contribution in [2.24, 2.45) is 0 Å². The summed E-state index contributed by atoms with van der Waals surface area (Å²) in [6.45, 7) is 5.51. The number of anilines is 1. The number of ether oxygens (including phenoxy) is 2. The molecule has 1 aliphatic rings. The van der Waals surface area contributed by atoms with Gasteiger partial charge in [0.25, 0.3) is 0 Å². The lowest BCUT2D eigenvalue weighted by Gasteiger charge is -2.28. The summed E-state index contributed by atoms with van der Waals surface area (Å²) in [5, 5.41) is 16.3. The molecule has 10 nitrogen and oxygen atoms in total. The highest BCUT2D eigenvalue weighted by Gasteiger charge is 2.30. The van der Waals surface area contributed by atoms with E-state index in [1.807, 2.05) is 6.07 Å². The van der Waals surface area contributed by atoms with E-state index in [0.29, 0.717) is 46.8 Å². The number of nitriles is 1. The van der Waals surface area contributed by atoms with Crippen molar-refractivity contribution in [1.29, 1.82) is 5.26 Å². The van der Waals surface area contributed by atoms with Gasteiger partial charge in [-0.3, -0.25) is 9.50 Å². The SMILES string of the molecule is CC(C)(C)OC(=O)N(Cc1c(F)ccc2c1CCO2)c1ncc(-c2ccn[nH]2)c2nc(C#N)cn12. The summed E-state index contributed by atoms with van der Waals surface area (Å²) in [5.74, 6) is 0.256. The molecular weight excluding hydrogens is 453 g/mol. The minimum absolute atomic E-state index is 0.127. The number of carbonyl (C=O) groups is 1. The molecule has 0 unspecified atom stereocenters. The average Bonchev–Trinajstić information content (AvgIpc) is 3.57. The lowest BCUT2D eigenvalue weighted by molar-refractivity contribution is 0.0574. The Labute approximate surface area is 199 Å². The molecule has 3 aromatic heterocycles. The molecule has 0 spiro atoms. The van der Waals surface area contributed by atoms with Gasteiger partial charge < -0.3 is 9.47 Å². The Kier molecular flexibility index (Phi) is 5.36. The number of halogens is 1. The van der Waals surface area contributed by atoms with E-state index in [9.17, 15) is 10.1 Å². The van der Waals surface area contributed by atoms with Crippen LogP contribution in [0, 0.1) is 17.1 Å². The predicted molar refractivity (Wildman–Crippen MR) is 123 cm³/mol. The second-order valence-corrected chi connectivity index (χ2v) is 9.04. The van der Waals surface area contributed by atoms with Gasteiger partial charge in [-0.2, -0.15) is 10.4 Å². The number of aromatic amines is 1. The largest absolute Gasteiger partial charge is 0.493 e. The molecule has 0 saturated carbocycles. The van der Waals surface area contributed by atoms with Crippen LogP contribution in [0.2, 0.25) is 0 Å². The minimum atomic E-state index is -0.808. The molecule has 1 amide bonds. The highest BCUT2D eigenvalue weighted by Crippen LogP contribution is 2.33. The number of amides is 1. The summed E-state index contributed by atoms with van der Waals surface area (Å²) in [6.07, 6.45) is 4.39. The summed E-state index contributed by atoms with van der Waals surface area (Å²) < 4.78 is 27.8. The van der Waals surface area contributed by atoms with Gasteiger partial charge in [-0.25, -0.2) is 24.1 Å². The molecule has 178 valence electrons. The van der Waals surface area contributed by atoms with Crippen molar-refractivity contribution in [2.45, 2.75) is 39.3 Å². The second kappa shape index (κ2) is 8.39. The predicted octanol–water partition coefficient (Wildman–Crippen LogP) is 4.01. The Hall–Kier alpha value is -4.46. The molecule has 4 heterocycles. The maximum atomic E-state index is 15.0. The highest BCUT2D eigenvalue weighted by atomic mass is 19.1. The number of hydrogen-bond acceptors (Lipinski definition) is 7. The Balaban J connectivity index is 1.68. The Morgan fingerprint density at radius 2 is 2.20 bits per heavy atom. The number of H-pyrrole nitrogens is 1. The van der Waals surface area contributed by atoms with Crippen LogP contribution in [0.15, 0.2) is 36.8 Å². The van der Waals surface area contributed by atoms with E-state index in [4.69, 9.17) is 9.47 Å². The van der Waals surface area contributed by atoms with Crippen LogP contribution >= 0.6 is 0 Å². The van der Waals surface area contributed by atoms with E-state index in [1.54, 1.807) is 39.1 Å². The van der Waals surface area contributed by atoms with Gasteiger partial charge in [0.1, 0.15) is 23.2 Å². The normalized spacial score (nSPS) is 12.8. The molecular formula is C24H22FN7O3. The van der Waals surface area contributed by atoms with Gasteiger partial charge >= 0.3 is 6.09 Å². The average molecular weight is 475 g/mol. The molecule has 1 aromatic carbocycles. The van der Waals surface area contributed by atoms with Gasteiger partial charge in [-0.15, -0.1) is 0 Å². The zero-order valence-electron chi connectivity index (χ0n) is 19.4. The summed E-state index contributed by atoms with van der Waals surface area (Å²) in [4.78, 5) is 23.6. The van der Waals surface area contributed by atoms with Crippen LogP contribution in [0.5, 0.6) is 5.75 Å². The van der Waals surface area contributed by atoms with E-state index in [-0.39, 0.29) is 18.2 Å². The van der Waals surface area contributed by atoms with Crippen LogP contribution in [0.4, 0.5) is 15.1 Å². The Morgan fingerprint density at radius 1 is 1.37 bits per heavy atom. The fourth-order valence-electron chi connectivity index (χ4n) is 3.99. The number of rotatable bonds is 4. The molecule has 0 bridgehead atoms. The Morgan fingerprint density at radius 3 is 2.91 bits per heavy atom. The van der Waals surface area contributed by atoms with E-state index in [1.165, 1.54) is 27.8 Å². The number of hydrogen-bond donors (Lipinski definition) is 1. The summed E-state index contributed by atoms with van der Waals surface area (Å²) in [5.41, 5.74) is 1.94. The molecule has 0 aliphatic carbocycles. The molecule has 0 radical (unpaired) electrons. The van der Waals surface area contributed by atoms with E-state index in [2.05, 4.69) is 20.2 Å². The van der Waals surface area contributed by atoms with Gasteiger partial charge in [0.2, 0.25) is 5.95 Å². The van der Waals surface area contributed by atoms with Crippen molar-refractivity contribution < 1.29 is 18.7 Å². The maximum absolute atomic E-state index is 15.0. The zero-order valence-corrected chi connectivity index (χ0v) is 19.4. The van der Waals surface area contributed by atoms with Crippen molar-refractivity contribution in [3.63, 3.8) is 0 Å². The van der Waals surface area contributed by atoms with E-state index < -0.39 is 17.5 Å². The van der Waals surface area contributed by atoms with Gasteiger partial charge in [0.05, 0.1) is 30.6 Å². The molecule has 0 fully saturated rings. The van der Waals surface area contributed by atoms with Crippen molar-refractivity contribution in [1.82, 2.24) is 24.6 Å². The third-order valence-electron chi connectivity index (χ3n) is 5.49. The maximum Gasteiger partial charge on any atom is 0.417 e. The van der Waals surface area contributed by atoms with Crippen LogP contribution < -0.4 is 9.64 Å². The minimum Gasteiger partial charge on any atom is -0.493 e. The van der Waals surface area contributed by atoms with Gasteiger partial charge in [0, 0.05) is 29.9 Å². The standard InChI is InChI=1S/C24H22FN7O3/c1-24(2,3)35-23(33)32(13-17-15-7-9-34-20(15)5-4-18(17)25)22-27-11-16(19-6-8-28-30-19)21-29-14(10-26)12-31(21)22/h4-6,8,11-12H,7,9,13H2,1-3H3,(H,28,30). The second-order valence-electron chi connectivity index (χ2n) is 9.04. The third-order valence-corrected chi connectivity index (χ3v) is 5.49. The van der Waals surface area contributed by atoms with Crippen LogP contribution in [0.1, 0.15) is 37.6 Å². The Bertz CT molecular complexity index is 1470. The highest BCUT2D eigenvalue weighted by molar-refractivity contribution is 5.87. The molecule has 0 saturated heterocycles. The summed E-state index contributed by atoms with van der Waals surface area (Å²) in [6, 6.07) is 6.67. The smallest absolute Gasteiger partial charge is 0.417 e. The molecule has 4 aromatic rings. The third kappa shape index (κ3) is 4.14. The molecule has 1 aliphatic heterocycles. The van der Waals surface area contributed by atoms with Crippen molar-refractivity contribution >= 4 is 17.7 Å². The van der Waals surface area contributed by atoms with Gasteiger partial charge in [-0.1, -0.05) is 0 Å². The van der Waals surface area contributed by atoms with Crippen LogP contribution in [-0.2, 0) is 17.7 Å². The fraction of sp³-hybridized carbons (Fsp3) is 0.292. The number of aromatic nitrogens is 5. The van der Waals surface area contributed by atoms with Gasteiger partial charge in [-0.05, 0) is 39.0 Å². The first-order valence-corrected chi connectivity index (χ1v) is 11.0. The number of carbonyl (C=O) groups excluding carboxylic acids is 1. The first-order chi connectivity index (χ1) is 16.7. The molecule has 11 heteroatoms. The van der Waals surface area contributed by atoms with E-state index in [0.717, 1.165) is 0 Å². The van der Waals surface area contributed by atoms with Crippen molar-refractivity contribution in [2.75, 3.05) is 11.5 Å². The zero-order chi connectivity index (χ0) is 24.7. The summed E-state index contributed by atoms with van der Waals surface area (Å²) >= 11 is 0. The number of nitrogens with one attached hydrogen (secondary N) is 1. The molecule has 0 atom stereocenters. The fourth-order valence-corrected chi connectivity index (χ4v) is 3.99. The van der Waals surface area contributed by atoms with Crippen LogP contribution in [-0.4, -0.2) is 42.9 Å². The molecule has 5 rings (SSSR count). The summed E-state index contributed by atoms with van der Waals surface area (Å²) in [7, 11) is 0. The first kappa shape index (κ1) is 22.3. The number of benzene rings is 1. The lowest BCUT2D eigenvalue weighted by Crippen LogP contribution is -2.38. The van der Waals surface area contributed by atoms with Crippen LogP contribution in [0.3, 0.4) is 0 Å². The number of imidazole rings is 1. The lowest BCUT2D eigenvalue weighted by atomic mass is 10.0. The van der Waals surface area contributed by atoms with Gasteiger partial charge in [0.15, 0.2) is 11.3 Å². The van der Waals surface area contributed by atoms with Crippen LogP contribution in [0.25, 0.3) is 16.9 Å². The molecule has 35 heavy (non-hydrogen) atoms. The quantitative estimate of drug-likeness (QED) is 0.473. The first-order valence-electron chi connectivity index (χ1n) is 11.0. The number of fused-ring (bicyclic) bond motifs is 2. The molecule has 1 N–H and O–H groups in total. The number of nitrogens with zero attached hydrogens (tertiary/aromatic N) is 6. The monoisotopic (exact) mass is 475 g/mol. The van der Waals surface area contributed by atoms with E-state index >= 15 is 4.39 Å². The topological polar surface area (TPSA) is 121 Å². The van der Waals surface area contributed by atoms with Crippen molar-refractivity contribution in [3.05, 3.63) is 59.4 Å². The van der Waals surface area contributed by atoms with Crippen molar-refractivity contribution in [3.8, 4) is 23.1 Å².